The second-order valence-electron chi connectivity index (χ2n) is 2.99. The van der Waals surface area contributed by atoms with Crippen molar-refractivity contribution in [2.45, 2.75) is 12.5 Å². The second kappa shape index (κ2) is 5.11. The number of nitrogens with zero attached hydrogens (tertiary/aromatic N) is 1. The van der Waals surface area contributed by atoms with Crippen LogP contribution in [0.25, 0.3) is 0 Å². The maximum Gasteiger partial charge on any atom is 0.240 e. The van der Waals surface area contributed by atoms with Crippen molar-refractivity contribution in [3.63, 3.8) is 0 Å². The van der Waals surface area contributed by atoms with Crippen molar-refractivity contribution in [1.82, 2.24) is 15.3 Å². The number of nitrogens with one attached hydrogen (secondary N) is 2. The summed E-state index contributed by atoms with van der Waals surface area (Å²) in [4.78, 5) is 28.7. The molecule has 0 saturated heterocycles. The van der Waals surface area contributed by atoms with Crippen molar-refractivity contribution in [2.24, 2.45) is 11.5 Å². The normalized spacial score (nSPS) is 12.1. The highest BCUT2D eigenvalue weighted by atomic mass is 16.2. The monoisotopic (exact) mass is 211 g/mol. The zero-order chi connectivity index (χ0) is 11.3. The lowest BCUT2D eigenvalue weighted by Crippen LogP contribution is -2.47. The van der Waals surface area contributed by atoms with E-state index in [-0.39, 0.29) is 13.0 Å². The Morgan fingerprint density at radius 3 is 2.80 bits per heavy atom. The van der Waals surface area contributed by atoms with Crippen molar-refractivity contribution >= 4 is 11.8 Å². The Bertz CT molecular complexity index is 335. The summed E-state index contributed by atoms with van der Waals surface area (Å²) in [6, 6.07) is -0.774. The van der Waals surface area contributed by atoms with Crippen LogP contribution in [0.1, 0.15) is 5.69 Å². The number of aromatic nitrogens is 2. The largest absolute Gasteiger partial charge is 0.368 e. The summed E-state index contributed by atoms with van der Waals surface area (Å²) in [7, 11) is 0. The number of H-pyrrole nitrogens is 1. The number of primary amides is 1. The van der Waals surface area contributed by atoms with Gasteiger partial charge < -0.3 is 21.8 Å². The maximum absolute atomic E-state index is 11.0. The van der Waals surface area contributed by atoms with Crippen LogP contribution in [0.4, 0.5) is 0 Å². The predicted octanol–water partition coefficient (Wildman–Crippen LogP) is -2.12. The van der Waals surface area contributed by atoms with Crippen molar-refractivity contribution < 1.29 is 9.59 Å². The van der Waals surface area contributed by atoms with E-state index >= 15 is 0 Å². The first kappa shape index (κ1) is 11.2. The van der Waals surface area contributed by atoms with Crippen LogP contribution in [0.2, 0.25) is 0 Å². The molecule has 0 aliphatic carbocycles. The Balaban J connectivity index is 2.59. The molecule has 15 heavy (non-hydrogen) atoms. The van der Waals surface area contributed by atoms with Gasteiger partial charge in [0.1, 0.15) is 6.04 Å². The molecule has 0 unspecified atom stereocenters. The lowest BCUT2D eigenvalue weighted by Gasteiger charge is -2.13. The first-order valence-electron chi connectivity index (χ1n) is 4.40. The van der Waals surface area contributed by atoms with E-state index in [4.69, 9.17) is 11.5 Å². The maximum atomic E-state index is 11.0. The van der Waals surface area contributed by atoms with Gasteiger partial charge in [0.15, 0.2) is 0 Å². The fourth-order valence-electron chi connectivity index (χ4n) is 1.09. The predicted molar refractivity (Wildman–Crippen MR) is 52.5 cm³/mol. The van der Waals surface area contributed by atoms with Crippen LogP contribution < -0.4 is 16.8 Å². The fraction of sp³-hybridized carbons (Fsp3) is 0.375. The third-order valence-electron chi connectivity index (χ3n) is 1.83. The smallest absolute Gasteiger partial charge is 0.240 e. The van der Waals surface area contributed by atoms with E-state index in [9.17, 15) is 9.59 Å². The molecule has 0 aliphatic heterocycles. The summed E-state index contributed by atoms with van der Waals surface area (Å²) in [5, 5.41) is 2.41. The number of carbonyl (C=O) groups is 2. The molecule has 0 saturated carbocycles. The Morgan fingerprint density at radius 1 is 1.60 bits per heavy atom. The molecule has 0 bridgehead atoms. The molecule has 1 aromatic heterocycles. The van der Waals surface area contributed by atoms with Crippen molar-refractivity contribution in [1.29, 1.82) is 0 Å². The molecule has 7 heteroatoms. The quantitative estimate of drug-likeness (QED) is 0.444. The molecule has 1 aromatic rings. The van der Waals surface area contributed by atoms with Gasteiger partial charge in [-0.1, -0.05) is 0 Å². The number of imidazole rings is 1. The molecular formula is C8H13N5O2. The van der Waals surface area contributed by atoms with Crippen LogP contribution in [-0.4, -0.2) is 34.4 Å². The summed E-state index contributed by atoms with van der Waals surface area (Å²) < 4.78 is 0. The number of nitrogens with two attached hydrogens (primary N) is 2. The molecule has 0 radical (unpaired) electrons. The van der Waals surface area contributed by atoms with Gasteiger partial charge in [0.2, 0.25) is 11.8 Å². The standard InChI is InChI=1S/C8H13N5O2/c9-2-7(14)13-6(8(10)15)1-5-3-11-4-12-5/h3-4,6H,1-2,9H2,(H2,10,15)(H,11,12)(H,13,14)/t6-/m0/s1. The van der Waals surface area contributed by atoms with Gasteiger partial charge in [0.25, 0.3) is 0 Å². The first-order valence-corrected chi connectivity index (χ1v) is 4.40. The molecule has 7 nitrogen and oxygen atoms in total. The molecule has 1 atom stereocenters. The Labute approximate surface area is 86.2 Å². The lowest BCUT2D eigenvalue weighted by molar-refractivity contribution is -0.126. The Morgan fingerprint density at radius 2 is 2.33 bits per heavy atom. The summed E-state index contributed by atoms with van der Waals surface area (Å²) in [5.74, 6) is -1.03. The van der Waals surface area contributed by atoms with E-state index < -0.39 is 17.9 Å². The Hall–Kier alpha value is -1.89. The zero-order valence-corrected chi connectivity index (χ0v) is 8.06. The highest BCUT2D eigenvalue weighted by molar-refractivity contribution is 5.87. The van der Waals surface area contributed by atoms with Crippen molar-refractivity contribution in [3.05, 3.63) is 18.2 Å². The average Bonchev–Trinajstić information content (AvgIpc) is 2.69. The lowest BCUT2D eigenvalue weighted by atomic mass is 10.1. The van der Waals surface area contributed by atoms with Gasteiger partial charge in [0.05, 0.1) is 18.6 Å². The van der Waals surface area contributed by atoms with Gasteiger partial charge >= 0.3 is 0 Å². The van der Waals surface area contributed by atoms with Gasteiger partial charge in [-0.3, -0.25) is 9.59 Å². The van der Waals surface area contributed by atoms with Crippen molar-refractivity contribution in [2.75, 3.05) is 6.54 Å². The minimum Gasteiger partial charge on any atom is -0.368 e. The van der Waals surface area contributed by atoms with Crippen LogP contribution in [0, 0.1) is 0 Å². The third kappa shape index (κ3) is 3.39. The molecule has 0 aliphatic rings. The second-order valence-corrected chi connectivity index (χ2v) is 2.99. The van der Waals surface area contributed by atoms with Gasteiger partial charge in [-0.2, -0.15) is 0 Å². The summed E-state index contributed by atoms with van der Waals surface area (Å²) in [6.07, 6.45) is 3.37. The highest BCUT2D eigenvalue weighted by Gasteiger charge is 2.18. The van der Waals surface area contributed by atoms with Gasteiger partial charge in [-0.25, -0.2) is 4.98 Å². The molecule has 82 valence electrons. The van der Waals surface area contributed by atoms with Crippen molar-refractivity contribution in [3.8, 4) is 0 Å². The number of amides is 2. The van der Waals surface area contributed by atoms with E-state index in [0.717, 1.165) is 0 Å². The van der Waals surface area contributed by atoms with E-state index in [1.54, 1.807) is 6.20 Å². The SMILES string of the molecule is NCC(=O)N[C@@H](Cc1c[nH]cn1)C(N)=O. The highest BCUT2D eigenvalue weighted by Crippen LogP contribution is 1.97. The van der Waals surface area contributed by atoms with Crippen LogP contribution in [0.3, 0.4) is 0 Å². The molecule has 0 spiro atoms. The number of rotatable bonds is 5. The first-order chi connectivity index (χ1) is 7.13. The molecule has 1 rings (SSSR count). The minimum absolute atomic E-state index is 0.176. The van der Waals surface area contributed by atoms with Crippen LogP contribution >= 0.6 is 0 Å². The van der Waals surface area contributed by atoms with E-state index in [1.807, 2.05) is 0 Å². The molecule has 6 N–H and O–H groups in total. The Kier molecular flexibility index (Phi) is 3.81. The zero-order valence-electron chi connectivity index (χ0n) is 8.06. The average molecular weight is 211 g/mol. The third-order valence-corrected chi connectivity index (χ3v) is 1.83. The van der Waals surface area contributed by atoms with Crippen LogP contribution in [-0.2, 0) is 16.0 Å². The summed E-state index contributed by atoms with van der Waals surface area (Å²) in [5.41, 5.74) is 10.9. The minimum atomic E-state index is -0.774. The molecule has 1 heterocycles. The van der Waals surface area contributed by atoms with E-state index in [0.29, 0.717) is 5.69 Å². The van der Waals surface area contributed by atoms with Gasteiger partial charge in [0, 0.05) is 12.6 Å². The fourth-order valence-corrected chi connectivity index (χ4v) is 1.09. The summed E-state index contributed by atoms with van der Waals surface area (Å²) in [6.45, 7) is -0.176. The van der Waals surface area contributed by atoms with E-state index in [1.165, 1.54) is 6.33 Å². The van der Waals surface area contributed by atoms with Gasteiger partial charge in [-0.05, 0) is 0 Å². The number of hydrogen-bond acceptors (Lipinski definition) is 4. The topological polar surface area (TPSA) is 127 Å². The van der Waals surface area contributed by atoms with Crippen LogP contribution in [0.15, 0.2) is 12.5 Å². The molecule has 0 fully saturated rings. The van der Waals surface area contributed by atoms with E-state index in [2.05, 4.69) is 15.3 Å². The number of carbonyl (C=O) groups excluding carboxylic acids is 2. The number of aromatic amines is 1. The van der Waals surface area contributed by atoms with Gasteiger partial charge in [-0.15, -0.1) is 0 Å². The molecular weight excluding hydrogens is 198 g/mol. The molecule has 0 aromatic carbocycles. The molecule has 2 amide bonds. The van der Waals surface area contributed by atoms with Crippen LogP contribution in [0.5, 0.6) is 0 Å². The summed E-state index contributed by atoms with van der Waals surface area (Å²) >= 11 is 0. The number of hydrogen-bond donors (Lipinski definition) is 4.